The standard InChI is InChI=1S/C9H12N2O4S/c10-6-3-5(9(13)8(12)4-16)1-2-7(6)11(14)15/h1-3,8-9,12-13,16H,4,10H2. The van der Waals surface area contributed by atoms with Crippen LogP contribution in [0.5, 0.6) is 0 Å². The molecule has 0 fully saturated rings. The summed E-state index contributed by atoms with van der Waals surface area (Å²) in [6.07, 6.45) is -2.19. The molecule has 0 aliphatic rings. The molecule has 0 aliphatic heterocycles. The van der Waals surface area contributed by atoms with E-state index in [9.17, 15) is 20.3 Å². The van der Waals surface area contributed by atoms with Crippen LogP contribution in [0.15, 0.2) is 18.2 Å². The van der Waals surface area contributed by atoms with Gasteiger partial charge in [-0.1, -0.05) is 0 Å². The number of nitro benzene ring substituents is 1. The van der Waals surface area contributed by atoms with Gasteiger partial charge in [0.15, 0.2) is 0 Å². The monoisotopic (exact) mass is 244 g/mol. The largest absolute Gasteiger partial charge is 0.393 e. The van der Waals surface area contributed by atoms with Crippen molar-refractivity contribution >= 4 is 24.0 Å². The van der Waals surface area contributed by atoms with E-state index in [0.29, 0.717) is 5.56 Å². The van der Waals surface area contributed by atoms with Gasteiger partial charge in [0, 0.05) is 11.8 Å². The second-order valence-electron chi connectivity index (χ2n) is 3.27. The maximum Gasteiger partial charge on any atom is 0.292 e. The minimum atomic E-state index is -1.15. The number of aliphatic hydroxyl groups is 2. The number of nitrogens with two attached hydrogens (primary N) is 1. The second-order valence-corrected chi connectivity index (χ2v) is 3.64. The smallest absolute Gasteiger partial charge is 0.292 e. The van der Waals surface area contributed by atoms with Crippen molar-refractivity contribution in [3.63, 3.8) is 0 Å². The Morgan fingerprint density at radius 2 is 2.12 bits per heavy atom. The molecule has 6 nitrogen and oxygen atoms in total. The average molecular weight is 244 g/mol. The van der Waals surface area contributed by atoms with Crippen LogP contribution >= 0.6 is 12.6 Å². The summed E-state index contributed by atoms with van der Waals surface area (Å²) in [5.74, 6) is 0.0814. The molecule has 0 heterocycles. The highest BCUT2D eigenvalue weighted by Gasteiger charge is 2.19. The van der Waals surface area contributed by atoms with Crippen molar-refractivity contribution < 1.29 is 15.1 Å². The molecule has 2 unspecified atom stereocenters. The van der Waals surface area contributed by atoms with Gasteiger partial charge in [-0.3, -0.25) is 10.1 Å². The van der Waals surface area contributed by atoms with Crippen LogP contribution in [0.4, 0.5) is 11.4 Å². The molecular formula is C9H12N2O4S. The van der Waals surface area contributed by atoms with E-state index >= 15 is 0 Å². The minimum Gasteiger partial charge on any atom is -0.393 e. The second kappa shape index (κ2) is 5.15. The molecule has 0 aromatic heterocycles. The first kappa shape index (κ1) is 12.8. The van der Waals surface area contributed by atoms with E-state index in [1.165, 1.54) is 18.2 Å². The third kappa shape index (κ3) is 2.63. The van der Waals surface area contributed by atoms with Crippen molar-refractivity contribution in [2.24, 2.45) is 0 Å². The number of rotatable bonds is 4. The van der Waals surface area contributed by atoms with E-state index in [1.807, 2.05) is 0 Å². The number of anilines is 1. The highest BCUT2D eigenvalue weighted by Crippen LogP contribution is 2.26. The van der Waals surface area contributed by atoms with E-state index in [1.54, 1.807) is 0 Å². The van der Waals surface area contributed by atoms with Crippen LogP contribution in [0.25, 0.3) is 0 Å². The van der Waals surface area contributed by atoms with Gasteiger partial charge in [-0.25, -0.2) is 0 Å². The number of hydrogen-bond donors (Lipinski definition) is 4. The molecule has 0 amide bonds. The molecule has 0 bridgehead atoms. The molecule has 7 heteroatoms. The lowest BCUT2D eigenvalue weighted by Crippen LogP contribution is -2.19. The normalized spacial score (nSPS) is 14.4. The summed E-state index contributed by atoms with van der Waals surface area (Å²) in [7, 11) is 0. The molecule has 16 heavy (non-hydrogen) atoms. The number of hydrogen-bond acceptors (Lipinski definition) is 6. The molecule has 0 saturated carbocycles. The summed E-state index contributed by atoms with van der Waals surface area (Å²) in [6.45, 7) is 0. The molecule has 4 N–H and O–H groups in total. The number of nitrogens with zero attached hydrogens (tertiary/aromatic N) is 1. The van der Waals surface area contributed by atoms with Crippen LogP contribution in [0, 0.1) is 10.1 Å². The summed E-state index contributed by atoms with van der Waals surface area (Å²) in [6, 6.07) is 3.82. The summed E-state index contributed by atoms with van der Waals surface area (Å²) in [5.41, 5.74) is 5.50. The van der Waals surface area contributed by atoms with Gasteiger partial charge in [0.05, 0.1) is 11.0 Å². The fourth-order valence-electron chi connectivity index (χ4n) is 1.25. The number of nitrogen functional groups attached to an aromatic ring is 1. The van der Waals surface area contributed by atoms with Crippen LogP contribution in [0.3, 0.4) is 0 Å². The molecule has 0 aliphatic carbocycles. The zero-order chi connectivity index (χ0) is 12.3. The molecule has 1 rings (SSSR count). The Bertz CT molecular complexity index is 399. The van der Waals surface area contributed by atoms with Crippen LogP contribution < -0.4 is 5.73 Å². The third-order valence-electron chi connectivity index (χ3n) is 2.14. The van der Waals surface area contributed by atoms with Crippen molar-refractivity contribution in [1.29, 1.82) is 0 Å². The Kier molecular flexibility index (Phi) is 4.11. The van der Waals surface area contributed by atoms with Crippen LogP contribution in [-0.2, 0) is 0 Å². The fourth-order valence-corrected chi connectivity index (χ4v) is 1.44. The number of benzene rings is 1. The molecular weight excluding hydrogens is 232 g/mol. The van der Waals surface area contributed by atoms with Gasteiger partial charge < -0.3 is 15.9 Å². The zero-order valence-electron chi connectivity index (χ0n) is 8.28. The highest BCUT2D eigenvalue weighted by molar-refractivity contribution is 7.80. The Labute approximate surface area is 97.3 Å². The van der Waals surface area contributed by atoms with Crippen molar-refractivity contribution in [2.75, 3.05) is 11.5 Å². The minimum absolute atomic E-state index is 0.0482. The summed E-state index contributed by atoms with van der Waals surface area (Å²) in [5, 5.41) is 29.5. The maximum absolute atomic E-state index is 10.5. The molecule has 0 radical (unpaired) electrons. The summed E-state index contributed by atoms with van der Waals surface area (Å²) in [4.78, 5) is 9.88. The van der Waals surface area contributed by atoms with E-state index in [2.05, 4.69) is 12.6 Å². The lowest BCUT2D eigenvalue weighted by atomic mass is 10.0. The number of aliphatic hydroxyl groups excluding tert-OH is 2. The fraction of sp³-hybridized carbons (Fsp3) is 0.333. The van der Waals surface area contributed by atoms with Gasteiger partial charge in [-0.05, 0) is 17.7 Å². The van der Waals surface area contributed by atoms with Gasteiger partial charge in [-0.15, -0.1) is 0 Å². The summed E-state index contributed by atoms with van der Waals surface area (Å²) < 4.78 is 0. The van der Waals surface area contributed by atoms with E-state index in [-0.39, 0.29) is 17.1 Å². The van der Waals surface area contributed by atoms with Gasteiger partial charge >= 0.3 is 0 Å². The van der Waals surface area contributed by atoms with E-state index < -0.39 is 17.1 Å². The third-order valence-corrected chi connectivity index (χ3v) is 2.52. The molecule has 0 spiro atoms. The maximum atomic E-state index is 10.5. The predicted octanol–water partition coefficient (Wildman–Crippen LogP) is 0.501. The van der Waals surface area contributed by atoms with E-state index in [4.69, 9.17) is 5.73 Å². The Hall–Kier alpha value is -1.31. The van der Waals surface area contributed by atoms with Crippen LogP contribution in [0.2, 0.25) is 0 Å². The lowest BCUT2D eigenvalue weighted by molar-refractivity contribution is -0.383. The van der Waals surface area contributed by atoms with Crippen molar-refractivity contribution in [2.45, 2.75) is 12.2 Å². The van der Waals surface area contributed by atoms with Crippen molar-refractivity contribution in [1.82, 2.24) is 0 Å². The van der Waals surface area contributed by atoms with Crippen LogP contribution in [0.1, 0.15) is 11.7 Å². The summed E-state index contributed by atoms with van der Waals surface area (Å²) >= 11 is 3.83. The SMILES string of the molecule is Nc1cc(C(O)C(O)CS)ccc1[N+](=O)[O-]. The number of nitro groups is 1. The predicted molar refractivity (Wildman–Crippen MR) is 62.3 cm³/mol. The Morgan fingerprint density at radius 3 is 2.56 bits per heavy atom. The lowest BCUT2D eigenvalue weighted by Gasteiger charge is -2.16. The highest BCUT2D eigenvalue weighted by atomic mass is 32.1. The first-order valence-electron chi connectivity index (χ1n) is 4.48. The van der Waals surface area contributed by atoms with Crippen LogP contribution in [-0.4, -0.2) is 27.0 Å². The van der Waals surface area contributed by atoms with Gasteiger partial charge in [0.1, 0.15) is 11.8 Å². The molecule has 0 saturated heterocycles. The number of thiol groups is 1. The average Bonchev–Trinajstić information content (AvgIpc) is 2.26. The Balaban J connectivity index is 3.01. The van der Waals surface area contributed by atoms with Gasteiger partial charge in [-0.2, -0.15) is 12.6 Å². The molecule has 2 atom stereocenters. The zero-order valence-corrected chi connectivity index (χ0v) is 9.17. The van der Waals surface area contributed by atoms with E-state index in [0.717, 1.165) is 0 Å². The van der Waals surface area contributed by atoms with Crippen molar-refractivity contribution in [3.05, 3.63) is 33.9 Å². The topological polar surface area (TPSA) is 110 Å². The molecule has 88 valence electrons. The molecule has 1 aromatic rings. The molecule has 1 aromatic carbocycles. The first-order valence-corrected chi connectivity index (χ1v) is 5.11. The van der Waals surface area contributed by atoms with Gasteiger partial charge in [0.25, 0.3) is 5.69 Å². The quantitative estimate of drug-likeness (QED) is 0.267. The van der Waals surface area contributed by atoms with Crippen molar-refractivity contribution in [3.8, 4) is 0 Å². The first-order chi connectivity index (χ1) is 7.47. The Morgan fingerprint density at radius 1 is 1.50 bits per heavy atom. The van der Waals surface area contributed by atoms with Gasteiger partial charge in [0.2, 0.25) is 0 Å².